The number of sulfonamides is 1. The molecule has 0 aliphatic rings. The van der Waals surface area contributed by atoms with Crippen molar-refractivity contribution in [1.29, 1.82) is 0 Å². The van der Waals surface area contributed by atoms with Gasteiger partial charge in [-0.05, 0) is 26.0 Å². The molecule has 0 atom stereocenters. The third kappa shape index (κ3) is 4.09. The maximum absolute atomic E-state index is 12.4. The number of anilines is 1. The van der Waals surface area contributed by atoms with Gasteiger partial charge in [-0.15, -0.1) is 0 Å². The van der Waals surface area contributed by atoms with E-state index in [1.54, 1.807) is 6.07 Å². The summed E-state index contributed by atoms with van der Waals surface area (Å²) in [5.74, 6) is 0.521. The lowest BCUT2D eigenvalue weighted by molar-refractivity contribution is 0.0737. The molecule has 0 fully saturated rings. The van der Waals surface area contributed by atoms with Gasteiger partial charge in [-0.25, -0.2) is 8.42 Å². The summed E-state index contributed by atoms with van der Waals surface area (Å²) in [6, 6.07) is 4.51. The van der Waals surface area contributed by atoms with Crippen LogP contribution in [-0.2, 0) is 14.8 Å². The van der Waals surface area contributed by atoms with Crippen molar-refractivity contribution in [2.45, 2.75) is 24.8 Å². The van der Waals surface area contributed by atoms with Gasteiger partial charge in [-0.1, -0.05) is 0 Å². The minimum Gasteiger partial charge on any atom is -0.497 e. The Hall–Kier alpha value is -1.31. The quantitative estimate of drug-likeness (QED) is 0.768. The summed E-state index contributed by atoms with van der Waals surface area (Å²) >= 11 is 0. The Morgan fingerprint density at radius 2 is 2.00 bits per heavy atom. The summed E-state index contributed by atoms with van der Waals surface area (Å²) in [6.07, 6.45) is 0.0668. The molecule has 0 unspecified atom stereocenters. The first-order chi connectivity index (χ1) is 9.28. The van der Waals surface area contributed by atoms with E-state index in [1.807, 2.05) is 13.8 Å². The van der Waals surface area contributed by atoms with Crippen LogP contribution in [0.1, 0.15) is 13.8 Å². The van der Waals surface area contributed by atoms with Gasteiger partial charge in [-0.3, -0.25) is 0 Å². The highest BCUT2D eigenvalue weighted by molar-refractivity contribution is 7.89. The predicted molar refractivity (Wildman–Crippen MR) is 78.3 cm³/mol. The first-order valence-electron chi connectivity index (χ1n) is 6.30. The molecule has 0 bridgehead atoms. The van der Waals surface area contributed by atoms with Crippen molar-refractivity contribution in [3.8, 4) is 5.75 Å². The van der Waals surface area contributed by atoms with Crippen LogP contribution < -0.4 is 10.5 Å². The molecular weight excluding hydrogens is 280 g/mol. The zero-order chi connectivity index (χ0) is 15.3. The average Bonchev–Trinajstić information content (AvgIpc) is 2.37. The third-order valence-corrected chi connectivity index (χ3v) is 4.69. The van der Waals surface area contributed by atoms with Crippen LogP contribution in [0.5, 0.6) is 5.75 Å². The average molecular weight is 302 g/mol. The number of likely N-dealkylation sites (N-methyl/N-ethyl adjacent to an activating group) is 1. The Morgan fingerprint density at radius 1 is 1.35 bits per heavy atom. The highest BCUT2D eigenvalue weighted by Crippen LogP contribution is 2.25. The van der Waals surface area contributed by atoms with Crippen LogP contribution in [-0.4, -0.2) is 46.1 Å². The van der Waals surface area contributed by atoms with Gasteiger partial charge in [0, 0.05) is 19.7 Å². The fraction of sp³-hybridized carbons (Fsp3) is 0.538. The van der Waals surface area contributed by atoms with Gasteiger partial charge in [0.25, 0.3) is 0 Å². The fourth-order valence-electron chi connectivity index (χ4n) is 1.59. The third-order valence-electron chi connectivity index (χ3n) is 2.76. The molecule has 1 aromatic carbocycles. The monoisotopic (exact) mass is 302 g/mol. The summed E-state index contributed by atoms with van der Waals surface area (Å²) in [5, 5.41) is 0. The molecule has 0 saturated heterocycles. The van der Waals surface area contributed by atoms with Gasteiger partial charge < -0.3 is 15.2 Å². The highest BCUT2D eigenvalue weighted by Gasteiger charge is 2.23. The lowest BCUT2D eigenvalue weighted by Crippen LogP contribution is -2.31. The number of nitrogens with two attached hydrogens (primary N) is 1. The molecule has 0 spiro atoms. The Bertz CT molecular complexity index is 543. The van der Waals surface area contributed by atoms with E-state index >= 15 is 0 Å². The summed E-state index contributed by atoms with van der Waals surface area (Å²) in [5.41, 5.74) is 5.95. The van der Waals surface area contributed by atoms with Crippen LogP contribution in [0, 0.1) is 0 Å². The standard InChI is InChI=1S/C13H22N2O4S/c1-10(2)19-8-7-15(3)20(16,17)13-6-5-11(18-4)9-12(13)14/h5-6,9-10H,7-8,14H2,1-4H3. The molecule has 0 saturated carbocycles. The number of nitrogens with zero attached hydrogens (tertiary/aromatic N) is 1. The second-order valence-corrected chi connectivity index (χ2v) is 6.66. The van der Waals surface area contributed by atoms with E-state index in [1.165, 1.54) is 30.6 Å². The largest absolute Gasteiger partial charge is 0.497 e. The molecule has 0 radical (unpaired) electrons. The van der Waals surface area contributed by atoms with Crippen LogP contribution >= 0.6 is 0 Å². The van der Waals surface area contributed by atoms with Crippen molar-refractivity contribution in [3.63, 3.8) is 0 Å². The van der Waals surface area contributed by atoms with Gasteiger partial charge in [-0.2, -0.15) is 4.31 Å². The summed E-state index contributed by atoms with van der Waals surface area (Å²) in [4.78, 5) is 0.0744. The Kier molecular flexibility index (Phi) is 5.79. The topological polar surface area (TPSA) is 81.9 Å². The van der Waals surface area contributed by atoms with E-state index in [4.69, 9.17) is 15.2 Å². The second kappa shape index (κ2) is 6.92. The smallest absolute Gasteiger partial charge is 0.244 e. The molecule has 20 heavy (non-hydrogen) atoms. The Labute approximate surface area is 120 Å². The van der Waals surface area contributed by atoms with Gasteiger partial charge in [0.1, 0.15) is 10.6 Å². The summed E-state index contributed by atoms with van der Waals surface area (Å²) in [7, 11) is -0.619. The molecule has 7 heteroatoms. The van der Waals surface area contributed by atoms with Gasteiger partial charge in [0.05, 0.1) is 25.5 Å². The van der Waals surface area contributed by atoms with Crippen molar-refractivity contribution in [2.75, 3.05) is 33.0 Å². The van der Waals surface area contributed by atoms with Gasteiger partial charge in [0.2, 0.25) is 10.0 Å². The lowest BCUT2D eigenvalue weighted by Gasteiger charge is -2.19. The van der Waals surface area contributed by atoms with Crippen molar-refractivity contribution in [1.82, 2.24) is 4.31 Å². The minimum atomic E-state index is -3.62. The van der Waals surface area contributed by atoms with Crippen LogP contribution in [0.25, 0.3) is 0 Å². The maximum atomic E-state index is 12.4. The van der Waals surface area contributed by atoms with Crippen LogP contribution in [0.3, 0.4) is 0 Å². The number of benzene rings is 1. The molecule has 6 nitrogen and oxygen atoms in total. The van der Waals surface area contributed by atoms with Crippen molar-refractivity contribution < 1.29 is 17.9 Å². The number of hydrogen-bond donors (Lipinski definition) is 1. The van der Waals surface area contributed by atoms with Gasteiger partial charge in [0.15, 0.2) is 0 Å². The molecule has 1 aromatic rings. The van der Waals surface area contributed by atoms with Crippen molar-refractivity contribution in [2.24, 2.45) is 0 Å². The first kappa shape index (κ1) is 16.7. The van der Waals surface area contributed by atoms with E-state index < -0.39 is 10.0 Å². The number of methoxy groups -OCH3 is 1. The molecule has 0 aromatic heterocycles. The summed E-state index contributed by atoms with van der Waals surface area (Å²) in [6.45, 7) is 4.40. The van der Waals surface area contributed by atoms with Crippen molar-refractivity contribution in [3.05, 3.63) is 18.2 Å². The van der Waals surface area contributed by atoms with E-state index in [-0.39, 0.29) is 23.2 Å². The second-order valence-electron chi connectivity index (χ2n) is 4.65. The molecule has 114 valence electrons. The molecular formula is C13H22N2O4S. The van der Waals surface area contributed by atoms with E-state index in [2.05, 4.69) is 0 Å². The number of rotatable bonds is 7. The molecule has 0 aliphatic carbocycles. The summed E-state index contributed by atoms with van der Waals surface area (Å²) < 4.78 is 36.3. The van der Waals surface area contributed by atoms with Crippen molar-refractivity contribution >= 4 is 15.7 Å². The number of ether oxygens (including phenoxy) is 2. The van der Waals surface area contributed by atoms with E-state index in [0.29, 0.717) is 12.4 Å². The molecule has 0 aliphatic heterocycles. The van der Waals surface area contributed by atoms with E-state index in [0.717, 1.165) is 0 Å². The minimum absolute atomic E-state index is 0.0668. The zero-order valence-electron chi connectivity index (χ0n) is 12.3. The fourth-order valence-corrected chi connectivity index (χ4v) is 2.84. The van der Waals surface area contributed by atoms with Gasteiger partial charge >= 0.3 is 0 Å². The zero-order valence-corrected chi connectivity index (χ0v) is 13.1. The van der Waals surface area contributed by atoms with Crippen LogP contribution in [0.2, 0.25) is 0 Å². The molecule has 0 amide bonds. The first-order valence-corrected chi connectivity index (χ1v) is 7.74. The van der Waals surface area contributed by atoms with Crippen LogP contribution in [0.4, 0.5) is 5.69 Å². The van der Waals surface area contributed by atoms with Crippen LogP contribution in [0.15, 0.2) is 23.1 Å². The maximum Gasteiger partial charge on any atom is 0.244 e. The molecule has 1 rings (SSSR count). The number of nitrogen functional groups attached to an aromatic ring is 1. The number of hydrogen-bond acceptors (Lipinski definition) is 5. The SMILES string of the molecule is COc1ccc(S(=O)(=O)N(C)CCOC(C)C)c(N)c1. The normalized spacial score (nSPS) is 12.1. The predicted octanol–water partition coefficient (Wildman–Crippen LogP) is 1.32. The highest BCUT2D eigenvalue weighted by atomic mass is 32.2. The molecule has 2 N–H and O–H groups in total. The lowest BCUT2D eigenvalue weighted by atomic mass is 10.3. The Balaban J connectivity index is 2.87. The molecule has 0 heterocycles. The Morgan fingerprint density at radius 3 is 2.50 bits per heavy atom. The van der Waals surface area contributed by atoms with E-state index in [9.17, 15) is 8.42 Å².